The predicted molar refractivity (Wildman–Crippen MR) is 75.3 cm³/mol. The van der Waals surface area contributed by atoms with Crippen molar-refractivity contribution in [1.29, 1.82) is 5.26 Å². The molecule has 0 spiro atoms. The summed E-state index contributed by atoms with van der Waals surface area (Å²) in [5.74, 6) is -0.731. The van der Waals surface area contributed by atoms with Crippen LogP contribution in [0.4, 0.5) is 4.39 Å². The molecule has 114 valence electrons. The highest BCUT2D eigenvalue weighted by molar-refractivity contribution is 7.89. The Hall–Kier alpha value is -1.53. The topological polar surface area (TPSA) is 90.4 Å². The highest BCUT2D eigenvalue weighted by Gasteiger charge is 2.34. The molecule has 1 fully saturated rings. The van der Waals surface area contributed by atoms with E-state index in [1.807, 2.05) is 11.9 Å². The number of piperazine rings is 1. The first-order chi connectivity index (χ1) is 9.90. The summed E-state index contributed by atoms with van der Waals surface area (Å²) in [6.07, 6.45) is 0. The van der Waals surface area contributed by atoms with Gasteiger partial charge in [0.25, 0.3) is 0 Å². The molecule has 0 aliphatic carbocycles. The van der Waals surface area contributed by atoms with Gasteiger partial charge in [0, 0.05) is 26.2 Å². The van der Waals surface area contributed by atoms with E-state index in [0.29, 0.717) is 19.6 Å². The smallest absolute Gasteiger partial charge is 0.243 e. The van der Waals surface area contributed by atoms with Crippen molar-refractivity contribution in [2.75, 3.05) is 33.2 Å². The normalized spacial score (nSPS) is 21.1. The van der Waals surface area contributed by atoms with Crippen molar-refractivity contribution in [3.05, 3.63) is 29.6 Å². The summed E-state index contributed by atoms with van der Waals surface area (Å²) >= 11 is 0. The Kier molecular flexibility index (Phi) is 4.58. The minimum Gasteiger partial charge on any atom is -0.329 e. The van der Waals surface area contributed by atoms with Crippen LogP contribution in [0.1, 0.15) is 5.56 Å². The van der Waals surface area contributed by atoms with Crippen molar-refractivity contribution in [2.45, 2.75) is 10.9 Å². The van der Waals surface area contributed by atoms with Crippen molar-refractivity contribution in [3.8, 4) is 6.07 Å². The van der Waals surface area contributed by atoms with Gasteiger partial charge in [0.05, 0.1) is 16.5 Å². The van der Waals surface area contributed by atoms with Gasteiger partial charge in [-0.05, 0) is 25.2 Å². The molecule has 0 radical (unpaired) electrons. The molecule has 8 heteroatoms. The van der Waals surface area contributed by atoms with E-state index in [2.05, 4.69) is 0 Å². The lowest BCUT2D eigenvalue weighted by molar-refractivity contribution is 0.164. The number of nitriles is 1. The van der Waals surface area contributed by atoms with Gasteiger partial charge in [-0.25, -0.2) is 12.8 Å². The van der Waals surface area contributed by atoms with Gasteiger partial charge < -0.3 is 10.6 Å². The maximum Gasteiger partial charge on any atom is 0.243 e. The van der Waals surface area contributed by atoms with E-state index >= 15 is 0 Å². The van der Waals surface area contributed by atoms with Gasteiger partial charge in [-0.1, -0.05) is 0 Å². The summed E-state index contributed by atoms with van der Waals surface area (Å²) in [5, 5.41) is 8.83. The average Bonchev–Trinajstić information content (AvgIpc) is 2.47. The molecular weight excluding hydrogens is 295 g/mol. The predicted octanol–water partition coefficient (Wildman–Crippen LogP) is -0.0392. The van der Waals surface area contributed by atoms with Crippen LogP contribution in [0.15, 0.2) is 23.1 Å². The van der Waals surface area contributed by atoms with Gasteiger partial charge in [0.1, 0.15) is 11.9 Å². The molecule has 1 saturated heterocycles. The lowest BCUT2D eigenvalue weighted by atomic mass is 10.2. The van der Waals surface area contributed by atoms with E-state index in [1.165, 1.54) is 10.4 Å². The Morgan fingerprint density at radius 1 is 1.48 bits per heavy atom. The zero-order valence-electron chi connectivity index (χ0n) is 11.7. The van der Waals surface area contributed by atoms with Crippen LogP contribution < -0.4 is 5.73 Å². The van der Waals surface area contributed by atoms with E-state index in [1.54, 1.807) is 6.07 Å². The summed E-state index contributed by atoms with van der Waals surface area (Å²) in [5.41, 5.74) is 5.38. The molecule has 2 N–H and O–H groups in total. The van der Waals surface area contributed by atoms with Crippen molar-refractivity contribution in [1.82, 2.24) is 9.21 Å². The van der Waals surface area contributed by atoms with Gasteiger partial charge in [-0.3, -0.25) is 0 Å². The third kappa shape index (κ3) is 3.06. The molecule has 6 nitrogen and oxygen atoms in total. The fourth-order valence-electron chi connectivity index (χ4n) is 2.39. The summed E-state index contributed by atoms with van der Waals surface area (Å²) in [6, 6.07) is 4.57. The molecule has 1 aliphatic heterocycles. The van der Waals surface area contributed by atoms with E-state index in [9.17, 15) is 12.8 Å². The minimum absolute atomic E-state index is 0.0801. The molecule has 0 aromatic heterocycles. The van der Waals surface area contributed by atoms with Crippen LogP contribution in [0.5, 0.6) is 0 Å². The molecule has 1 atom stereocenters. The fraction of sp³-hybridized carbons (Fsp3) is 0.462. The van der Waals surface area contributed by atoms with Crippen LogP contribution in [0.2, 0.25) is 0 Å². The Morgan fingerprint density at radius 2 is 2.19 bits per heavy atom. The molecular formula is C13H17FN4O2S. The molecule has 0 amide bonds. The van der Waals surface area contributed by atoms with E-state index < -0.39 is 15.8 Å². The fourth-order valence-corrected chi connectivity index (χ4v) is 4.03. The van der Waals surface area contributed by atoms with Crippen LogP contribution in [0.3, 0.4) is 0 Å². The third-order valence-corrected chi connectivity index (χ3v) is 5.52. The molecule has 1 aliphatic rings. The number of hydrogen-bond donors (Lipinski definition) is 1. The molecule has 1 aromatic carbocycles. The number of nitrogens with zero attached hydrogens (tertiary/aromatic N) is 3. The summed E-state index contributed by atoms with van der Waals surface area (Å²) < 4.78 is 40.0. The standard InChI is InChI=1S/C13H17FN4O2S/c1-17-4-5-18(11(8-16)9-17)21(19,20)12-2-3-13(14)10(6-12)7-15/h2-3,6,11H,4-5,8-9,16H2,1H3. The molecule has 1 unspecified atom stereocenters. The van der Waals surface area contributed by atoms with Crippen LogP contribution >= 0.6 is 0 Å². The average molecular weight is 312 g/mol. The zero-order chi connectivity index (χ0) is 15.6. The first-order valence-electron chi connectivity index (χ1n) is 6.50. The summed E-state index contributed by atoms with van der Waals surface area (Å²) in [7, 11) is -1.89. The van der Waals surface area contributed by atoms with Gasteiger partial charge >= 0.3 is 0 Å². The number of likely N-dealkylation sites (N-methyl/N-ethyl adjacent to an activating group) is 1. The van der Waals surface area contributed by atoms with Gasteiger partial charge in [0.15, 0.2) is 0 Å². The zero-order valence-corrected chi connectivity index (χ0v) is 12.5. The van der Waals surface area contributed by atoms with E-state index in [-0.39, 0.29) is 23.0 Å². The van der Waals surface area contributed by atoms with Crippen molar-refractivity contribution in [2.24, 2.45) is 5.73 Å². The quantitative estimate of drug-likeness (QED) is 0.846. The monoisotopic (exact) mass is 312 g/mol. The largest absolute Gasteiger partial charge is 0.329 e. The molecule has 1 heterocycles. The Labute approximate surface area is 123 Å². The molecule has 0 bridgehead atoms. The van der Waals surface area contributed by atoms with Crippen LogP contribution in [0.25, 0.3) is 0 Å². The summed E-state index contributed by atoms with van der Waals surface area (Å²) in [4.78, 5) is 1.93. The highest BCUT2D eigenvalue weighted by Crippen LogP contribution is 2.22. The molecule has 2 rings (SSSR count). The molecule has 1 aromatic rings. The van der Waals surface area contributed by atoms with Crippen molar-refractivity contribution in [3.63, 3.8) is 0 Å². The van der Waals surface area contributed by atoms with Gasteiger partial charge in [0.2, 0.25) is 10.0 Å². The van der Waals surface area contributed by atoms with Crippen LogP contribution in [-0.2, 0) is 10.0 Å². The number of halogens is 1. The first-order valence-corrected chi connectivity index (χ1v) is 7.94. The first kappa shape index (κ1) is 15.9. The van der Waals surface area contributed by atoms with Gasteiger partial charge in [-0.15, -0.1) is 0 Å². The van der Waals surface area contributed by atoms with E-state index in [0.717, 1.165) is 12.1 Å². The second-order valence-electron chi connectivity index (χ2n) is 5.02. The lowest BCUT2D eigenvalue weighted by Crippen LogP contribution is -2.56. The van der Waals surface area contributed by atoms with Crippen molar-refractivity contribution >= 4 is 10.0 Å². The number of rotatable bonds is 3. The van der Waals surface area contributed by atoms with E-state index in [4.69, 9.17) is 11.0 Å². The van der Waals surface area contributed by atoms with Crippen LogP contribution in [0, 0.1) is 17.1 Å². The van der Waals surface area contributed by atoms with Gasteiger partial charge in [-0.2, -0.15) is 9.57 Å². The molecule has 21 heavy (non-hydrogen) atoms. The number of nitrogens with two attached hydrogens (primary N) is 1. The maximum absolute atomic E-state index is 13.3. The maximum atomic E-state index is 13.3. The lowest BCUT2D eigenvalue weighted by Gasteiger charge is -2.38. The summed E-state index contributed by atoms with van der Waals surface area (Å²) in [6.45, 7) is 1.67. The number of sulfonamides is 1. The third-order valence-electron chi connectivity index (χ3n) is 3.57. The highest BCUT2D eigenvalue weighted by atomic mass is 32.2. The SMILES string of the molecule is CN1CCN(S(=O)(=O)c2ccc(F)c(C#N)c2)C(CN)C1. The number of hydrogen-bond acceptors (Lipinski definition) is 5. The Morgan fingerprint density at radius 3 is 2.81 bits per heavy atom. The molecule has 0 saturated carbocycles. The second-order valence-corrected chi connectivity index (χ2v) is 6.91. The second kappa shape index (κ2) is 6.07. The van der Waals surface area contributed by atoms with Crippen molar-refractivity contribution < 1.29 is 12.8 Å². The Bertz CT molecular complexity index is 671. The number of benzene rings is 1. The Balaban J connectivity index is 2.40. The minimum atomic E-state index is -3.79. The van der Waals surface area contributed by atoms with Crippen LogP contribution in [-0.4, -0.2) is 56.9 Å².